The van der Waals surface area contributed by atoms with Gasteiger partial charge in [-0.15, -0.1) is 24.2 Å². The van der Waals surface area contributed by atoms with Crippen LogP contribution in [0.5, 0.6) is 11.5 Å². The van der Waals surface area contributed by atoms with E-state index in [0.717, 1.165) is 17.0 Å². The monoisotopic (exact) mass is 360 g/mol. The molecule has 1 aromatic rings. The predicted octanol–water partition coefficient (Wildman–Crippen LogP) is 2.05. The maximum absolute atomic E-state index is 12.4. The minimum absolute atomic E-state index is 0. The summed E-state index contributed by atoms with van der Waals surface area (Å²) in [4.78, 5) is 13.3. The average Bonchev–Trinajstić information content (AvgIpc) is 3.03. The highest BCUT2D eigenvalue weighted by atomic mass is 35.5. The first kappa shape index (κ1) is 18.2. The molecule has 3 rings (SSSR count). The summed E-state index contributed by atoms with van der Waals surface area (Å²) < 4.78 is 16.8. The van der Waals surface area contributed by atoms with Crippen molar-refractivity contribution in [3.05, 3.63) is 12.1 Å². The van der Waals surface area contributed by atoms with Crippen molar-refractivity contribution >= 4 is 35.8 Å². The second-order valence-electron chi connectivity index (χ2n) is 5.25. The molecule has 0 aromatic heterocycles. The summed E-state index contributed by atoms with van der Waals surface area (Å²) in [6.07, 6.45) is 3.03. The van der Waals surface area contributed by atoms with Gasteiger partial charge in [-0.05, 0) is 25.2 Å². The van der Waals surface area contributed by atoms with Crippen LogP contribution >= 0.6 is 24.2 Å². The van der Waals surface area contributed by atoms with Crippen molar-refractivity contribution in [2.45, 2.75) is 29.9 Å². The van der Waals surface area contributed by atoms with Crippen LogP contribution in [0.25, 0.3) is 0 Å². The van der Waals surface area contributed by atoms with Gasteiger partial charge in [0.2, 0.25) is 0 Å². The van der Waals surface area contributed by atoms with Gasteiger partial charge in [-0.3, -0.25) is 4.79 Å². The molecule has 6 nitrogen and oxygen atoms in total. The van der Waals surface area contributed by atoms with Crippen LogP contribution in [0.3, 0.4) is 0 Å². The van der Waals surface area contributed by atoms with Gasteiger partial charge in [-0.1, -0.05) is 0 Å². The van der Waals surface area contributed by atoms with Gasteiger partial charge < -0.3 is 25.3 Å². The maximum Gasteiger partial charge on any atom is 0.253 e. The molecule has 8 heteroatoms. The molecule has 2 aliphatic heterocycles. The summed E-state index contributed by atoms with van der Waals surface area (Å²) in [5.41, 5.74) is 6.30. The van der Waals surface area contributed by atoms with Crippen LogP contribution in [-0.4, -0.2) is 44.1 Å². The third-order valence-electron chi connectivity index (χ3n) is 3.79. The number of nitrogens with two attached hydrogens (primary N) is 1. The fourth-order valence-electron chi connectivity index (χ4n) is 2.62. The number of rotatable bonds is 4. The number of fused-ring (bicyclic) bond motifs is 1. The summed E-state index contributed by atoms with van der Waals surface area (Å²) in [5, 5.41) is 2.94. The molecule has 1 fully saturated rings. The number of hydrogen-bond donors (Lipinski definition) is 2. The number of benzene rings is 1. The number of hydrogen-bond acceptors (Lipinski definition) is 6. The first-order valence-electron chi connectivity index (χ1n) is 7.35. The van der Waals surface area contributed by atoms with Gasteiger partial charge in [-0.25, -0.2) is 0 Å². The summed E-state index contributed by atoms with van der Waals surface area (Å²) in [6.45, 7) is 1.51. The van der Waals surface area contributed by atoms with E-state index in [1.807, 2.05) is 18.4 Å². The lowest BCUT2D eigenvalue weighted by Crippen LogP contribution is -2.30. The van der Waals surface area contributed by atoms with Crippen molar-refractivity contribution in [3.8, 4) is 11.5 Å². The number of ether oxygens (including phenoxy) is 3. The van der Waals surface area contributed by atoms with E-state index in [-0.39, 0.29) is 24.4 Å². The molecule has 0 unspecified atom stereocenters. The topological polar surface area (TPSA) is 82.8 Å². The van der Waals surface area contributed by atoms with Crippen molar-refractivity contribution in [1.29, 1.82) is 0 Å². The van der Waals surface area contributed by atoms with Crippen molar-refractivity contribution in [3.63, 3.8) is 0 Å². The lowest BCUT2D eigenvalue weighted by atomic mass is 10.2. The van der Waals surface area contributed by atoms with Crippen LogP contribution in [0.2, 0.25) is 0 Å². The van der Waals surface area contributed by atoms with Crippen LogP contribution in [-0.2, 0) is 9.53 Å². The SMILES string of the molecule is CSc1cc2c(cc1NC(=O)[C@@H]1CC[C@H](CN)O1)OCCO2.Cl. The fourth-order valence-corrected chi connectivity index (χ4v) is 3.18. The number of nitrogens with one attached hydrogen (secondary N) is 1. The molecule has 1 amide bonds. The average molecular weight is 361 g/mol. The first-order valence-corrected chi connectivity index (χ1v) is 8.57. The highest BCUT2D eigenvalue weighted by molar-refractivity contribution is 7.98. The van der Waals surface area contributed by atoms with E-state index in [1.54, 1.807) is 11.8 Å². The van der Waals surface area contributed by atoms with E-state index in [0.29, 0.717) is 37.7 Å². The minimum atomic E-state index is -0.434. The Bertz CT molecular complexity index is 573. The summed E-state index contributed by atoms with van der Waals surface area (Å²) in [7, 11) is 0. The fraction of sp³-hybridized carbons (Fsp3) is 0.533. The van der Waals surface area contributed by atoms with Crippen molar-refractivity contribution in [2.24, 2.45) is 5.73 Å². The molecule has 1 aromatic carbocycles. The minimum Gasteiger partial charge on any atom is -0.486 e. The Balaban J connectivity index is 0.00000192. The third-order valence-corrected chi connectivity index (χ3v) is 4.56. The molecular weight excluding hydrogens is 340 g/mol. The zero-order valence-electron chi connectivity index (χ0n) is 12.9. The normalized spacial score (nSPS) is 22.3. The van der Waals surface area contributed by atoms with Crippen LogP contribution in [0.1, 0.15) is 12.8 Å². The number of carbonyl (C=O) groups is 1. The molecule has 2 aliphatic rings. The molecule has 2 atom stereocenters. The molecule has 128 valence electrons. The molecular formula is C15H21ClN2O4S. The molecule has 0 radical (unpaired) electrons. The Kier molecular flexibility index (Phi) is 6.41. The predicted molar refractivity (Wildman–Crippen MR) is 92.0 cm³/mol. The summed E-state index contributed by atoms with van der Waals surface area (Å²) >= 11 is 1.55. The lowest BCUT2D eigenvalue weighted by Gasteiger charge is -2.21. The van der Waals surface area contributed by atoms with Gasteiger partial charge in [0.15, 0.2) is 11.5 Å². The number of anilines is 1. The van der Waals surface area contributed by atoms with Crippen molar-refractivity contribution in [1.82, 2.24) is 0 Å². The maximum atomic E-state index is 12.4. The zero-order valence-corrected chi connectivity index (χ0v) is 14.5. The second-order valence-corrected chi connectivity index (χ2v) is 6.09. The lowest BCUT2D eigenvalue weighted by molar-refractivity contribution is -0.126. The number of thioether (sulfide) groups is 1. The Morgan fingerprint density at radius 3 is 2.61 bits per heavy atom. The van der Waals surface area contributed by atoms with Crippen LogP contribution in [0, 0.1) is 0 Å². The van der Waals surface area contributed by atoms with Gasteiger partial charge in [0.1, 0.15) is 19.3 Å². The van der Waals surface area contributed by atoms with E-state index < -0.39 is 6.10 Å². The highest BCUT2D eigenvalue weighted by Gasteiger charge is 2.30. The number of carbonyl (C=O) groups excluding carboxylic acids is 1. The largest absolute Gasteiger partial charge is 0.486 e. The molecule has 0 aliphatic carbocycles. The Morgan fingerprint density at radius 2 is 2.00 bits per heavy atom. The van der Waals surface area contributed by atoms with E-state index >= 15 is 0 Å². The number of amides is 1. The Morgan fingerprint density at radius 1 is 1.30 bits per heavy atom. The van der Waals surface area contributed by atoms with Gasteiger partial charge >= 0.3 is 0 Å². The van der Waals surface area contributed by atoms with Crippen molar-refractivity contribution < 1.29 is 19.0 Å². The molecule has 0 saturated carbocycles. The molecule has 2 heterocycles. The van der Waals surface area contributed by atoms with E-state index in [9.17, 15) is 4.79 Å². The van der Waals surface area contributed by atoms with Gasteiger partial charge in [0.25, 0.3) is 5.91 Å². The van der Waals surface area contributed by atoms with Crippen LogP contribution < -0.4 is 20.5 Å². The summed E-state index contributed by atoms with van der Waals surface area (Å²) in [6, 6.07) is 3.71. The molecule has 0 bridgehead atoms. The second kappa shape index (κ2) is 8.10. The van der Waals surface area contributed by atoms with Crippen molar-refractivity contribution in [2.75, 3.05) is 31.3 Å². The van der Waals surface area contributed by atoms with Crippen LogP contribution in [0.15, 0.2) is 17.0 Å². The number of halogens is 1. The molecule has 0 spiro atoms. The first-order chi connectivity index (χ1) is 10.7. The van der Waals surface area contributed by atoms with E-state index in [2.05, 4.69) is 5.32 Å². The zero-order chi connectivity index (χ0) is 15.5. The highest BCUT2D eigenvalue weighted by Crippen LogP contribution is 2.39. The Labute approximate surface area is 145 Å². The van der Waals surface area contributed by atoms with Crippen LogP contribution in [0.4, 0.5) is 5.69 Å². The van der Waals surface area contributed by atoms with E-state index in [1.165, 1.54) is 0 Å². The van der Waals surface area contributed by atoms with Gasteiger partial charge in [0, 0.05) is 17.5 Å². The standard InChI is InChI=1S/C15H20N2O4S.ClH/c1-22-14-7-13-12(19-4-5-20-13)6-10(14)17-15(18)11-3-2-9(8-16)21-11;/h6-7,9,11H,2-5,8,16H2,1H3,(H,17,18);1H/t9-,11+;/m1./s1. The quantitative estimate of drug-likeness (QED) is 0.799. The molecule has 23 heavy (non-hydrogen) atoms. The molecule has 3 N–H and O–H groups in total. The van der Waals surface area contributed by atoms with Gasteiger partial charge in [-0.2, -0.15) is 0 Å². The van der Waals surface area contributed by atoms with E-state index in [4.69, 9.17) is 19.9 Å². The molecule has 1 saturated heterocycles. The third kappa shape index (κ3) is 4.03. The smallest absolute Gasteiger partial charge is 0.253 e. The Hall–Kier alpha value is -1.15. The van der Waals surface area contributed by atoms with Gasteiger partial charge in [0.05, 0.1) is 11.8 Å². The summed E-state index contributed by atoms with van der Waals surface area (Å²) in [5.74, 6) is 1.24.